The van der Waals surface area contributed by atoms with E-state index >= 15 is 0 Å². The molecule has 4 N–H and O–H groups in total. The molecule has 2 unspecified atom stereocenters. The third-order valence-electron chi connectivity index (χ3n) is 4.54. The van der Waals surface area contributed by atoms with Crippen LogP contribution in [0.2, 0.25) is 0 Å². The topological polar surface area (TPSA) is 102 Å². The lowest BCUT2D eigenvalue weighted by molar-refractivity contribution is -0.139. The first-order valence-electron chi connectivity index (χ1n) is 8.63. The maximum absolute atomic E-state index is 12.0. The van der Waals surface area contributed by atoms with Gasteiger partial charge in [0, 0.05) is 23.0 Å². The van der Waals surface area contributed by atoms with Crippen LogP contribution in [0.15, 0.2) is 17.5 Å². The molecule has 0 radical (unpaired) electrons. The van der Waals surface area contributed by atoms with Crippen LogP contribution in [0, 0.1) is 0 Å². The lowest BCUT2D eigenvalue weighted by atomic mass is 9.85. The number of carboxylic acids is 1. The van der Waals surface area contributed by atoms with Crippen molar-refractivity contribution in [2.75, 3.05) is 13.1 Å². The minimum Gasteiger partial charge on any atom is -0.480 e. The molecule has 25 heavy (non-hydrogen) atoms. The molecule has 7 nitrogen and oxygen atoms in total. The van der Waals surface area contributed by atoms with Crippen LogP contribution in [-0.4, -0.2) is 58.3 Å². The zero-order valence-electron chi connectivity index (χ0n) is 14.6. The number of carboxylic acid groups (broad SMARTS) is 1. The van der Waals surface area contributed by atoms with Crippen LogP contribution >= 0.6 is 11.3 Å². The molecule has 0 saturated heterocycles. The third kappa shape index (κ3) is 5.98. The number of aliphatic carboxylic acids is 1. The predicted molar refractivity (Wildman–Crippen MR) is 96.7 cm³/mol. The number of rotatable bonds is 9. The number of hydrogen-bond donors (Lipinski definition) is 4. The van der Waals surface area contributed by atoms with Crippen molar-refractivity contribution in [3.8, 4) is 0 Å². The summed E-state index contributed by atoms with van der Waals surface area (Å²) >= 11 is 1.50. The summed E-state index contributed by atoms with van der Waals surface area (Å²) in [5, 5.41) is 26.7. The van der Waals surface area contributed by atoms with Crippen LogP contribution in [0.4, 0.5) is 4.79 Å². The van der Waals surface area contributed by atoms with E-state index in [9.17, 15) is 14.7 Å². The number of hydrogen-bond acceptors (Lipinski definition) is 5. The molecule has 2 rings (SSSR count). The van der Waals surface area contributed by atoms with Crippen LogP contribution in [0.3, 0.4) is 0 Å². The Bertz CT molecular complexity index is 560. The highest BCUT2D eigenvalue weighted by Gasteiger charge is 2.34. The Morgan fingerprint density at radius 2 is 2.16 bits per heavy atom. The number of likely N-dealkylation sites (N-methyl/N-ethyl adjacent to an activating group) is 1. The Kier molecular flexibility index (Phi) is 7.22. The second-order valence-corrected chi connectivity index (χ2v) is 7.54. The van der Waals surface area contributed by atoms with Crippen LogP contribution in [0.5, 0.6) is 0 Å². The van der Waals surface area contributed by atoms with Gasteiger partial charge in [0.2, 0.25) is 0 Å². The molecule has 2 atom stereocenters. The van der Waals surface area contributed by atoms with Crippen LogP contribution < -0.4 is 10.6 Å². The number of nitrogens with one attached hydrogen (secondary N) is 2. The van der Waals surface area contributed by atoms with E-state index in [2.05, 4.69) is 10.6 Å². The maximum atomic E-state index is 12.0. The summed E-state index contributed by atoms with van der Waals surface area (Å²) in [6.07, 6.45) is 1.42. The monoisotopic (exact) mass is 369 g/mol. The van der Waals surface area contributed by atoms with Crippen LogP contribution in [0.25, 0.3) is 0 Å². The van der Waals surface area contributed by atoms with Crippen molar-refractivity contribution in [3.63, 3.8) is 0 Å². The number of urea groups is 1. The van der Waals surface area contributed by atoms with Crippen molar-refractivity contribution >= 4 is 23.3 Å². The standard InChI is InChI=1S/C17H27N3O4S/c1-3-20(10-16(22)23)13-8-12(9-13)19-17(24)18-11(2)7-14(21)15-5-4-6-25-15/h4-6,11-14,21H,3,7-10H2,1-2H3,(H,22,23)(H2,18,19,24). The number of aliphatic hydroxyl groups is 1. The molecule has 1 heterocycles. The Balaban J connectivity index is 1.67. The van der Waals surface area contributed by atoms with Gasteiger partial charge in [0.25, 0.3) is 0 Å². The minimum atomic E-state index is -0.825. The zero-order chi connectivity index (χ0) is 18.4. The molecule has 1 aliphatic carbocycles. The Hall–Kier alpha value is -1.64. The lowest BCUT2D eigenvalue weighted by Gasteiger charge is -2.42. The quantitative estimate of drug-likeness (QED) is 0.532. The van der Waals surface area contributed by atoms with Crippen molar-refractivity contribution in [1.29, 1.82) is 0 Å². The highest BCUT2D eigenvalue weighted by molar-refractivity contribution is 7.10. The molecule has 1 aliphatic rings. The Labute approximate surface area is 152 Å². The second-order valence-electron chi connectivity index (χ2n) is 6.56. The van der Waals surface area contributed by atoms with Crippen LogP contribution in [0.1, 0.15) is 44.1 Å². The average Bonchev–Trinajstić information content (AvgIpc) is 3.02. The van der Waals surface area contributed by atoms with Gasteiger partial charge >= 0.3 is 12.0 Å². The molecule has 140 valence electrons. The SMILES string of the molecule is CCN(CC(=O)O)C1CC(NC(=O)NC(C)CC(O)c2cccs2)C1. The van der Waals surface area contributed by atoms with Gasteiger partial charge in [0.15, 0.2) is 0 Å². The van der Waals surface area contributed by atoms with Crippen LogP contribution in [-0.2, 0) is 4.79 Å². The Morgan fingerprint density at radius 3 is 2.72 bits per heavy atom. The molecule has 1 aromatic heterocycles. The number of nitrogens with zero attached hydrogens (tertiary/aromatic N) is 1. The number of amides is 2. The van der Waals surface area contributed by atoms with Gasteiger partial charge in [-0.25, -0.2) is 4.79 Å². The number of thiophene rings is 1. The molecule has 0 bridgehead atoms. The van der Waals surface area contributed by atoms with E-state index in [-0.39, 0.29) is 30.7 Å². The fraction of sp³-hybridized carbons (Fsp3) is 0.647. The average molecular weight is 369 g/mol. The van der Waals surface area contributed by atoms with Crippen molar-refractivity contribution in [2.45, 2.75) is 57.3 Å². The molecule has 0 aromatic carbocycles. The minimum absolute atomic E-state index is 0.0394. The largest absolute Gasteiger partial charge is 0.480 e. The number of carbonyl (C=O) groups is 2. The first kappa shape index (κ1) is 19.7. The van der Waals surface area contributed by atoms with Crippen molar-refractivity contribution in [1.82, 2.24) is 15.5 Å². The van der Waals surface area contributed by atoms with Gasteiger partial charge in [-0.05, 0) is 44.2 Å². The summed E-state index contributed by atoms with van der Waals surface area (Å²) in [5.41, 5.74) is 0. The Morgan fingerprint density at radius 1 is 1.44 bits per heavy atom. The summed E-state index contributed by atoms with van der Waals surface area (Å²) in [7, 11) is 0. The first-order valence-corrected chi connectivity index (χ1v) is 9.51. The highest BCUT2D eigenvalue weighted by Crippen LogP contribution is 2.26. The summed E-state index contributed by atoms with van der Waals surface area (Å²) in [6, 6.07) is 3.67. The van der Waals surface area contributed by atoms with E-state index in [4.69, 9.17) is 5.11 Å². The molecule has 1 aromatic rings. The summed E-state index contributed by atoms with van der Waals surface area (Å²) in [6.45, 7) is 4.54. The predicted octanol–water partition coefficient (Wildman–Crippen LogP) is 1.80. The molecule has 8 heteroatoms. The van der Waals surface area contributed by atoms with E-state index in [1.807, 2.05) is 36.3 Å². The van der Waals surface area contributed by atoms with Gasteiger partial charge in [-0.15, -0.1) is 11.3 Å². The molecular formula is C17H27N3O4S. The van der Waals surface area contributed by atoms with Gasteiger partial charge in [-0.3, -0.25) is 9.69 Å². The van der Waals surface area contributed by atoms with Gasteiger partial charge in [0.1, 0.15) is 0 Å². The van der Waals surface area contributed by atoms with E-state index in [0.717, 1.165) is 17.7 Å². The highest BCUT2D eigenvalue weighted by atomic mass is 32.1. The van der Waals surface area contributed by atoms with Gasteiger partial charge in [0.05, 0.1) is 12.6 Å². The normalized spacial score (nSPS) is 22.1. The van der Waals surface area contributed by atoms with Gasteiger partial charge in [-0.2, -0.15) is 0 Å². The summed E-state index contributed by atoms with van der Waals surface area (Å²) < 4.78 is 0. The van der Waals surface area contributed by atoms with Gasteiger partial charge in [-0.1, -0.05) is 13.0 Å². The van der Waals surface area contributed by atoms with E-state index < -0.39 is 12.1 Å². The van der Waals surface area contributed by atoms with Gasteiger partial charge < -0.3 is 20.8 Å². The number of aliphatic hydroxyl groups excluding tert-OH is 1. The van der Waals surface area contributed by atoms with E-state index in [0.29, 0.717) is 13.0 Å². The summed E-state index contributed by atoms with van der Waals surface area (Å²) in [4.78, 5) is 25.7. The maximum Gasteiger partial charge on any atom is 0.317 e. The van der Waals surface area contributed by atoms with Crippen molar-refractivity contribution in [2.24, 2.45) is 0 Å². The molecule has 2 amide bonds. The third-order valence-corrected chi connectivity index (χ3v) is 5.51. The smallest absolute Gasteiger partial charge is 0.317 e. The first-order chi connectivity index (χ1) is 11.9. The summed E-state index contributed by atoms with van der Waals surface area (Å²) in [5.74, 6) is -0.825. The number of carbonyl (C=O) groups excluding carboxylic acids is 1. The van der Waals surface area contributed by atoms with Crippen molar-refractivity contribution < 1.29 is 19.8 Å². The van der Waals surface area contributed by atoms with Crippen molar-refractivity contribution in [3.05, 3.63) is 22.4 Å². The second kappa shape index (κ2) is 9.17. The molecule has 1 saturated carbocycles. The molecule has 0 aliphatic heterocycles. The zero-order valence-corrected chi connectivity index (χ0v) is 15.5. The fourth-order valence-electron chi connectivity index (χ4n) is 3.12. The van der Waals surface area contributed by atoms with E-state index in [1.165, 1.54) is 11.3 Å². The van der Waals surface area contributed by atoms with E-state index in [1.54, 1.807) is 0 Å². The fourth-order valence-corrected chi connectivity index (χ4v) is 3.84. The molecule has 1 fully saturated rings. The lowest BCUT2D eigenvalue weighted by Crippen LogP contribution is -2.57. The molecular weight excluding hydrogens is 342 g/mol. The molecule has 0 spiro atoms.